The van der Waals surface area contributed by atoms with Crippen LogP contribution in [0.5, 0.6) is 0 Å². The normalized spacial score (nSPS) is 16.5. The van der Waals surface area contributed by atoms with Crippen LogP contribution in [0.2, 0.25) is 6.32 Å². The van der Waals surface area contributed by atoms with Crippen molar-refractivity contribution in [2.45, 2.75) is 58.7 Å². The number of hydrogen-bond acceptors (Lipinski definition) is 2. The topological polar surface area (TPSA) is 18.5 Å². The summed E-state index contributed by atoms with van der Waals surface area (Å²) in [6.45, 7) is 11.0. The van der Waals surface area contributed by atoms with Crippen molar-refractivity contribution in [1.82, 2.24) is 0 Å². The molecule has 0 aliphatic carbocycles. The van der Waals surface area contributed by atoms with Crippen LogP contribution in [-0.4, -0.2) is 32.3 Å². The van der Waals surface area contributed by atoms with Crippen molar-refractivity contribution in [2.75, 3.05) is 6.61 Å². The molecule has 0 amide bonds. The van der Waals surface area contributed by atoms with Gasteiger partial charge in [-0.2, -0.15) is 0 Å². The molecule has 0 aromatic heterocycles. The molecule has 78 valence electrons. The molecule has 0 heterocycles. The zero-order valence-electron chi connectivity index (χ0n) is 9.89. The fraction of sp³-hybridized carbons (Fsp3) is 1.00. The second-order valence-corrected chi connectivity index (χ2v) is 4.33. The Labute approximate surface area is 83.4 Å². The molecule has 0 aromatic rings. The summed E-state index contributed by atoms with van der Waals surface area (Å²) in [7, 11) is 2.13. The molecule has 2 nitrogen and oxygen atoms in total. The minimum atomic E-state index is -0.127. The molecule has 13 heavy (non-hydrogen) atoms. The summed E-state index contributed by atoms with van der Waals surface area (Å²) in [6, 6.07) is 0. The van der Waals surface area contributed by atoms with Crippen LogP contribution in [0.1, 0.15) is 34.6 Å². The van der Waals surface area contributed by atoms with Gasteiger partial charge in [0.25, 0.3) is 0 Å². The van der Waals surface area contributed by atoms with E-state index in [1.165, 1.54) is 0 Å². The zero-order chi connectivity index (χ0) is 10.5. The van der Waals surface area contributed by atoms with E-state index in [-0.39, 0.29) is 17.8 Å². The Morgan fingerprint density at radius 1 is 1.15 bits per heavy atom. The molecule has 0 N–H and O–H groups in total. The lowest BCUT2D eigenvalue weighted by Crippen LogP contribution is -2.37. The van der Waals surface area contributed by atoms with Crippen LogP contribution in [0.4, 0.5) is 0 Å². The minimum Gasteiger partial charge on any atom is -0.376 e. The van der Waals surface area contributed by atoms with Crippen molar-refractivity contribution in [3.05, 3.63) is 0 Å². The van der Waals surface area contributed by atoms with Gasteiger partial charge in [-0.15, -0.1) is 0 Å². The smallest absolute Gasteiger partial charge is 0.105 e. The third kappa shape index (κ3) is 6.11. The standard InChI is InChI=1S/C10H23BO2/c1-8(2)12-7-10(5,6-11)13-9(3)4/h8-9H,6-7,11H2,1-5H3. The molecule has 0 bridgehead atoms. The first kappa shape index (κ1) is 13.0. The molecule has 0 aromatic carbocycles. The summed E-state index contributed by atoms with van der Waals surface area (Å²) in [4.78, 5) is 0. The third-order valence-electron chi connectivity index (χ3n) is 1.99. The Bertz CT molecular complexity index is 137. The molecule has 0 saturated heterocycles. The van der Waals surface area contributed by atoms with Crippen LogP contribution in [-0.2, 0) is 9.47 Å². The van der Waals surface area contributed by atoms with Gasteiger partial charge in [-0.1, -0.05) is 6.32 Å². The molecular weight excluding hydrogens is 163 g/mol. The van der Waals surface area contributed by atoms with Gasteiger partial charge >= 0.3 is 0 Å². The second kappa shape index (κ2) is 5.66. The second-order valence-electron chi connectivity index (χ2n) is 4.33. The maximum atomic E-state index is 5.81. The summed E-state index contributed by atoms with van der Waals surface area (Å²) in [5.41, 5.74) is -0.127. The monoisotopic (exact) mass is 186 g/mol. The molecule has 0 rings (SSSR count). The van der Waals surface area contributed by atoms with Gasteiger partial charge in [0.15, 0.2) is 0 Å². The molecule has 3 heteroatoms. The number of ether oxygens (including phenoxy) is 2. The van der Waals surface area contributed by atoms with E-state index in [2.05, 4.69) is 28.6 Å². The molecule has 1 unspecified atom stereocenters. The maximum Gasteiger partial charge on any atom is 0.105 e. The first-order valence-electron chi connectivity index (χ1n) is 5.19. The first-order valence-corrected chi connectivity index (χ1v) is 5.19. The number of hydrogen-bond donors (Lipinski definition) is 0. The Morgan fingerprint density at radius 3 is 2.00 bits per heavy atom. The molecular formula is C10H23BO2. The number of rotatable bonds is 6. The minimum absolute atomic E-state index is 0.127. The van der Waals surface area contributed by atoms with Crippen molar-refractivity contribution in [1.29, 1.82) is 0 Å². The van der Waals surface area contributed by atoms with Crippen LogP contribution in [0.15, 0.2) is 0 Å². The van der Waals surface area contributed by atoms with Crippen molar-refractivity contribution in [2.24, 2.45) is 0 Å². The van der Waals surface area contributed by atoms with Gasteiger partial charge in [-0.05, 0) is 34.6 Å². The first-order chi connectivity index (χ1) is 5.89. The molecule has 0 aliphatic rings. The van der Waals surface area contributed by atoms with Crippen LogP contribution >= 0.6 is 0 Å². The molecule has 0 fully saturated rings. The van der Waals surface area contributed by atoms with Gasteiger partial charge in [0.1, 0.15) is 7.85 Å². The highest BCUT2D eigenvalue weighted by molar-refractivity contribution is 6.09. The summed E-state index contributed by atoms with van der Waals surface area (Å²) >= 11 is 0. The van der Waals surface area contributed by atoms with E-state index in [1.54, 1.807) is 0 Å². The SMILES string of the molecule is BCC(C)(COC(C)C)OC(C)C. The summed E-state index contributed by atoms with van der Waals surface area (Å²) in [6.07, 6.45) is 1.53. The highest BCUT2D eigenvalue weighted by Gasteiger charge is 2.24. The predicted octanol–water partition coefficient (Wildman–Crippen LogP) is 1.65. The van der Waals surface area contributed by atoms with E-state index in [1.807, 2.05) is 13.8 Å². The average molecular weight is 186 g/mol. The van der Waals surface area contributed by atoms with E-state index in [0.29, 0.717) is 6.61 Å². The van der Waals surface area contributed by atoms with Crippen LogP contribution in [0.3, 0.4) is 0 Å². The zero-order valence-corrected chi connectivity index (χ0v) is 9.89. The Kier molecular flexibility index (Phi) is 5.65. The van der Waals surface area contributed by atoms with Crippen molar-refractivity contribution in [3.8, 4) is 0 Å². The van der Waals surface area contributed by atoms with Crippen LogP contribution in [0.25, 0.3) is 0 Å². The maximum absolute atomic E-state index is 5.81. The largest absolute Gasteiger partial charge is 0.376 e. The van der Waals surface area contributed by atoms with Gasteiger partial charge in [0.05, 0.1) is 24.4 Å². The van der Waals surface area contributed by atoms with E-state index >= 15 is 0 Å². The summed E-state index contributed by atoms with van der Waals surface area (Å²) in [5.74, 6) is 0. The van der Waals surface area contributed by atoms with E-state index < -0.39 is 0 Å². The molecule has 0 radical (unpaired) electrons. The highest BCUT2D eigenvalue weighted by Crippen LogP contribution is 2.18. The Hall–Kier alpha value is -0.0151. The predicted molar refractivity (Wildman–Crippen MR) is 59.1 cm³/mol. The van der Waals surface area contributed by atoms with Crippen LogP contribution in [0, 0.1) is 0 Å². The van der Waals surface area contributed by atoms with E-state index in [0.717, 1.165) is 6.32 Å². The molecule has 0 spiro atoms. The summed E-state index contributed by atoms with van der Waals surface area (Å²) < 4.78 is 11.4. The van der Waals surface area contributed by atoms with E-state index in [9.17, 15) is 0 Å². The van der Waals surface area contributed by atoms with Crippen molar-refractivity contribution >= 4 is 7.85 Å². The fourth-order valence-corrected chi connectivity index (χ4v) is 1.13. The lowest BCUT2D eigenvalue weighted by Gasteiger charge is -2.31. The fourth-order valence-electron chi connectivity index (χ4n) is 1.13. The molecule has 0 aliphatic heterocycles. The molecule has 1 atom stereocenters. The molecule has 0 saturated carbocycles. The lowest BCUT2D eigenvalue weighted by molar-refractivity contribution is -0.110. The van der Waals surface area contributed by atoms with Gasteiger partial charge in [-0.25, -0.2) is 0 Å². The Balaban J connectivity index is 3.96. The Morgan fingerprint density at radius 2 is 1.69 bits per heavy atom. The summed E-state index contributed by atoms with van der Waals surface area (Å²) in [5, 5.41) is 0. The quantitative estimate of drug-likeness (QED) is 0.587. The highest BCUT2D eigenvalue weighted by atomic mass is 16.6. The van der Waals surface area contributed by atoms with Gasteiger partial charge in [0, 0.05) is 0 Å². The van der Waals surface area contributed by atoms with Crippen molar-refractivity contribution < 1.29 is 9.47 Å². The average Bonchev–Trinajstić information content (AvgIpc) is 2.00. The lowest BCUT2D eigenvalue weighted by atomic mass is 9.88. The van der Waals surface area contributed by atoms with Crippen molar-refractivity contribution in [3.63, 3.8) is 0 Å². The van der Waals surface area contributed by atoms with Gasteiger partial charge in [0.2, 0.25) is 0 Å². The third-order valence-corrected chi connectivity index (χ3v) is 1.99. The van der Waals surface area contributed by atoms with Gasteiger partial charge < -0.3 is 9.47 Å². The van der Waals surface area contributed by atoms with E-state index in [4.69, 9.17) is 9.47 Å². The van der Waals surface area contributed by atoms with Gasteiger partial charge in [-0.3, -0.25) is 0 Å². The van der Waals surface area contributed by atoms with Crippen LogP contribution < -0.4 is 0 Å².